The maximum absolute atomic E-state index is 12.2. The van der Waals surface area contributed by atoms with E-state index in [4.69, 9.17) is 5.11 Å². The van der Waals surface area contributed by atoms with Gasteiger partial charge < -0.3 is 15.4 Å². The predicted octanol–water partition coefficient (Wildman–Crippen LogP) is 1.91. The minimum Gasteiger partial charge on any atom is -0.477 e. The molecule has 110 valence electrons. The summed E-state index contributed by atoms with van der Waals surface area (Å²) >= 11 is 1.56. The van der Waals surface area contributed by atoms with E-state index in [1.165, 1.54) is 6.20 Å². The lowest BCUT2D eigenvalue weighted by atomic mass is 9.76. The average molecular weight is 305 g/mol. The van der Waals surface area contributed by atoms with E-state index in [0.717, 1.165) is 24.8 Å². The molecule has 1 aliphatic carbocycles. The summed E-state index contributed by atoms with van der Waals surface area (Å²) in [5, 5.41) is 15.9. The Morgan fingerprint density at radius 3 is 2.81 bits per heavy atom. The smallest absolute Gasteiger partial charge is 0.353 e. The van der Waals surface area contributed by atoms with E-state index in [1.807, 2.05) is 16.8 Å². The molecule has 1 aliphatic rings. The van der Waals surface area contributed by atoms with Gasteiger partial charge in [0.15, 0.2) is 0 Å². The van der Waals surface area contributed by atoms with Crippen LogP contribution in [0.25, 0.3) is 0 Å². The molecule has 2 aromatic rings. The van der Waals surface area contributed by atoms with Gasteiger partial charge in [-0.2, -0.15) is 11.3 Å². The van der Waals surface area contributed by atoms with Crippen molar-refractivity contribution in [2.75, 3.05) is 0 Å². The molecule has 0 bridgehead atoms. The number of hydrogen-bond acceptors (Lipinski definition) is 4. The molecule has 0 aliphatic heterocycles. The molecule has 2 aromatic heterocycles. The zero-order valence-corrected chi connectivity index (χ0v) is 12.1. The molecule has 0 atom stereocenters. The number of carbonyl (C=O) groups is 2. The first kappa shape index (κ1) is 13.8. The minimum absolute atomic E-state index is 0.0448. The number of thiophene rings is 1. The number of carboxylic acids is 1. The summed E-state index contributed by atoms with van der Waals surface area (Å²) in [4.78, 5) is 30.0. The number of amides is 1. The van der Waals surface area contributed by atoms with Crippen molar-refractivity contribution in [2.24, 2.45) is 0 Å². The van der Waals surface area contributed by atoms with Crippen LogP contribution in [0.3, 0.4) is 0 Å². The second kappa shape index (κ2) is 5.33. The predicted molar refractivity (Wildman–Crippen MR) is 77.2 cm³/mol. The van der Waals surface area contributed by atoms with Crippen LogP contribution in [-0.2, 0) is 16.8 Å². The molecule has 0 spiro atoms. The third-order valence-electron chi connectivity index (χ3n) is 3.79. The first-order valence-corrected chi connectivity index (χ1v) is 7.64. The molecule has 1 saturated carbocycles. The normalized spacial score (nSPS) is 16.2. The van der Waals surface area contributed by atoms with Crippen LogP contribution < -0.4 is 5.32 Å². The fourth-order valence-electron chi connectivity index (χ4n) is 2.51. The maximum Gasteiger partial charge on any atom is 0.353 e. The highest BCUT2D eigenvalue weighted by molar-refractivity contribution is 7.07. The van der Waals surface area contributed by atoms with E-state index >= 15 is 0 Å². The third-order valence-corrected chi connectivity index (χ3v) is 4.52. The van der Waals surface area contributed by atoms with Gasteiger partial charge in [-0.05, 0) is 41.7 Å². The largest absolute Gasteiger partial charge is 0.477 e. The standard InChI is InChI=1S/C14H15N3O3S/c18-11(6-9-2-5-21-8-9)17-14(3-1-4-14)13-15-7-10(16-13)12(19)20/h2,5,7-8H,1,3-4,6H2,(H,15,16)(H,17,18)(H,19,20). The van der Waals surface area contributed by atoms with Crippen LogP contribution in [0.15, 0.2) is 23.0 Å². The number of imidazole rings is 1. The Kier molecular flexibility index (Phi) is 3.50. The van der Waals surface area contributed by atoms with Gasteiger partial charge >= 0.3 is 5.97 Å². The number of aromatic nitrogens is 2. The summed E-state index contributed by atoms with van der Waals surface area (Å²) in [5.74, 6) is -0.584. The molecule has 1 amide bonds. The molecule has 6 nitrogen and oxygen atoms in total. The van der Waals surface area contributed by atoms with Gasteiger partial charge in [0, 0.05) is 0 Å². The molecular weight excluding hydrogens is 290 g/mol. The van der Waals surface area contributed by atoms with Crippen LogP contribution in [0.1, 0.15) is 41.1 Å². The second-order valence-corrected chi connectivity index (χ2v) is 6.02. The van der Waals surface area contributed by atoms with Gasteiger partial charge in [-0.15, -0.1) is 0 Å². The third kappa shape index (κ3) is 2.69. The number of nitrogens with one attached hydrogen (secondary N) is 2. The van der Waals surface area contributed by atoms with Gasteiger partial charge in [0.25, 0.3) is 0 Å². The van der Waals surface area contributed by atoms with Crippen molar-refractivity contribution in [3.05, 3.63) is 40.1 Å². The summed E-state index contributed by atoms with van der Waals surface area (Å²) in [6.45, 7) is 0. The SMILES string of the molecule is O=C(Cc1ccsc1)NC1(c2ncc(C(=O)O)[nH]2)CCC1. The molecule has 0 unspecified atom stereocenters. The number of carbonyl (C=O) groups excluding carboxylic acids is 1. The number of aromatic carboxylic acids is 1. The minimum atomic E-state index is -1.05. The summed E-state index contributed by atoms with van der Waals surface area (Å²) in [7, 11) is 0. The highest BCUT2D eigenvalue weighted by atomic mass is 32.1. The van der Waals surface area contributed by atoms with E-state index in [9.17, 15) is 9.59 Å². The number of H-pyrrole nitrogens is 1. The molecule has 0 saturated heterocycles. The Bertz CT molecular complexity index is 659. The van der Waals surface area contributed by atoms with Crippen molar-refractivity contribution >= 4 is 23.2 Å². The molecule has 2 heterocycles. The number of aromatic amines is 1. The highest BCUT2D eigenvalue weighted by Crippen LogP contribution is 2.39. The van der Waals surface area contributed by atoms with Crippen molar-refractivity contribution < 1.29 is 14.7 Å². The lowest BCUT2D eigenvalue weighted by Gasteiger charge is -2.40. The van der Waals surface area contributed by atoms with Gasteiger partial charge in [-0.25, -0.2) is 9.78 Å². The van der Waals surface area contributed by atoms with Crippen LogP contribution in [0.5, 0.6) is 0 Å². The fourth-order valence-corrected chi connectivity index (χ4v) is 3.18. The van der Waals surface area contributed by atoms with Crippen molar-refractivity contribution in [2.45, 2.75) is 31.2 Å². The Balaban J connectivity index is 1.73. The molecule has 21 heavy (non-hydrogen) atoms. The fraction of sp³-hybridized carbons (Fsp3) is 0.357. The van der Waals surface area contributed by atoms with Gasteiger partial charge in [-0.1, -0.05) is 0 Å². The topological polar surface area (TPSA) is 95.1 Å². The van der Waals surface area contributed by atoms with E-state index in [0.29, 0.717) is 12.2 Å². The van der Waals surface area contributed by atoms with Gasteiger partial charge in [-0.3, -0.25) is 4.79 Å². The van der Waals surface area contributed by atoms with E-state index in [2.05, 4.69) is 15.3 Å². The Morgan fingerprint density at radius 1 is 1.48 bits per heavy atom. The van der Waals surface area contributed by atoms with E-state index in [1.54, 1.807) is 11.3 Å². The average Bonchev–Trinajstić information content (AvgIpc) is 3.04. The van der Waals surface area contributed by atoms with Gasteiger partial charge in [0.1, 0.15) is 11.5 Å². The monoisotopic (exact) mass is 305 g/mol. The Morgan fingerprint density at radius 2 is 2.29 bits per heavy atom. The lowest BCUT2D eigenvalue weighted by Crippen LogP contribution is -2.52. The second-order valence-electron chi connectivity index (χ2n) is 5.24. The summed E-state index contributed by atoms with van der Waals surface area (Å²) in [6.07, 6.45) is 4.16. The van der Waals surface area contributed by atoms with Crippen molar-refractivity contribution in [3.8, 4) is 0 Å². The van der Waals surface area contributed by atoms with Crippen LogP contribution in [0.4, 0.5) is 0 Å². The van der Waals surface area contributed by atoms with E-state index in [-0.39, 0.29) is 11.6 Å². The number of nitrogens with zero attached hydrogens (tertiary/aromatic N) is 1. The first-order chi connectivity index (χ1) is 10.1. The lowest BCUT2D eigenvalue weighted by molar-refractivity contribution is -0.123. The summed E-state index contributed by atoms with van der Waals surface area (Å²) in [5.41, 5.74) is 0.488. The molecule has 3 N–H and O–H groups in total. The molecule has 7 heteroatoms. The molecule has 0 radical (unpaired) electrons. The van der Waals surface area contributed by atoms with Crippen LogP contribution in [0.2, 0.25) is 0 Å². The quantitative estimate of drug-likeness (QED) is 0.786. The van der Waals surface area contributed by atoms with Crippen molar-refractivity contribution in [1.82, 2.24) is 15.3 Å². The highest BCUT2D eigenvalue weighted by Gasteiger charge is 2.42. The molecule has 3 rings (SSSR count). The molecular formula is C14H15N3O3S. The Labute approximate surface area is 125 Å². The summed E-state index contributed by atoms with van der Waals surface area (Å²) < 4.78 is 0. The van der Waals surface area contributed by atoms with Crippen LogP contribution >= 0.6 is 11.3 Å². The molecule has 0 aromatic carbocycles. The first-order valence-electron chi connectivity index (χ1n) is 6.70. The molecule has 1 fully saturated rings. The Hall–Kier alpha value is -2.15. The van der Waals surface area contributed by atoms with Gasteiger partial charge in [0.05, 0.1) is 18.2 Å². The summed E-state index contributed by atoms with van der Waals surface area (Å²) in [6, 6.07) is 1.92. The number of hydrogen-bond donors (Lipinski definition) is 3. The van der Waals surface area contributed by atoms with Crippen molar-refractivity contribution in [3.63, 3.8) is 0 Å². The van der Waals surface area contributed by atoms with E-state index < -0.39 is 11.5 Å². The number of rotatable bonds is 5. The zero-order valence-electron chi connectivity index (χ0n) is 11.3. The van der Waals surface area contributed by atoms with Crippen molar-refractivity contribution in [1.29, 1.82) is 0 Å². The maximum atomic E-state index is 12.2. The number of carboxylic acid groups (broad SMARTS) is 1. The van der Waals surface area contributed by atoms with Crippen LogP contribution in [-0.4, -0.2) is 27.0 Å². The van der Waals surface area contributed by atoms with Crippen LogP contribution in [0, 0.1) is 0 Å². The van der Waals surface area contributed by atoms with Gasteiger partial charge in [0.2, 0.25) is 5.91 Å². The zero-order chi connectivity index (χ0) is 14.9.